The Morgan fingerprint density at radius 3 is 2.38 bits per heavy atom. The van der Waals surface area contributed by atoms with Gasteiger partial charge in [0.15, 0.2) is 0 Å². The van der Waals surface area contributed by atoms with Crippen molar-refractivity contribution in [2.45, 2.75) is 20.5 Å². The SMILES string of the molecule is Cc1ccc(N2C(=O)NC(=O)/C(=C\c3ccc(OCc4ccc(F)cc4)c(I)c3)C2=O)cc1C. The number of aryl methyl sites for hydroxylation is 2. The lowest BCUT2D eigenvalue weighted by atomic mass is 10.1. The van der Waals surface area contributed by atoms with Crippen LogP contribution in [0.25, 0.3) is 6.08 Å². The first-order chi connectivity index (χ1) is 16.2. The summed E-state index contributed by atoms with van der Waals surface area (Å²) in [5, 5.41) is 2.24. The van der Waals surface area contributed by atoms with Gasteiger partial charge in [-0.05, 0) is 101 Å². The number of benzene rings is 3. The van der Waals surface area contributed by atoms with Gasteiger partial charge in [-0.1, -0.05) is 24.3 Å². The quantitative estimate of drug-likeness (QED) is 0.257. The first kappa shape index (κ1) is 23.6. The maximum atomic E-state index is 13.1. The molecule has 0 saturated carbocycles. The van der Waals surface area contributed by atoms with Crippen LogP contribution >= 0.6 is 22.6 Å². The monoisotopic (exact) mass is 570 g/mol. The highest BCUT2D eigenvalue weighted by Gasteiger charge is 2.36. The van der Waals surface area contributed by atoms with Crippen LogP contribution in [0.4, 0.5) is 14.9 Å². The van der Waals surface area contributed by atoms with Crippen LogP contribution in [0.3, 0.4) is 0 Å². The molecule has 8 heteroatoms. The van der Waals surface area contributed by atoms with Gasteiger partial charge in [-0.25, -0.2) is 14.1 Å². The Morgan fingerprint density at radius 2 is 1.71 bits per heavy atom. The predicted molar refractivity (Wildman–Crippen MR) is 135 cm³/mol. The van der Waals surface area contributed by atoms with Crippen molar-refractivity contribution in [2.75, 3.05) is 4.90 Å². The Bertz CT molecular complexity index is 1340. The van der Waals surface area contributed by atoms with E-state index in [1.165, 1.54) is 18.2 Å². The van der Waals surface area contributed by atoms with Crippen LogP contribution in [-0.2, 0) is 16.2 Å². The van der Waals surface area contributed by atoms with Crippen LogP contribution in [0.5, 0.6) is 5.75 Å². The first-order valence-corrected chi connectivity index (χ1v) is 11.5. The van der Waals surface area contributed by atoms with Gasteiger partial charge in [0.1, 0.15) is 23.7 Å². The maximum absolute atomic E-state index is 13.1. The molecule has 0 bridgehead atoms. The average molecular weight is 570 g/mol. The largest absolute Gasteiger partial charge is 0.488 e. The van der Waals surface area contributed by atoms with E-state index in [4.69, 9.17) is 4.74 Å². The number of barbiturate groups is 1. The molecule has 4 rings (SSSR count). The van der Waals surface area contributed by atoms with Crippen LogP contribution in [0.15, 0.2) is 66.2 Å². The van der Waals surface area contributed by atoms with Crippen molar-refractivity contribution in [2.24, 2.45) is 0 Å². The molecule has 1 fully saturated rings. The number of nitrogens with zero attached hydrogens (tertiary/aromatic N) is 1. The van der Waals surface area contributed by atoms with E-state index in [9.17, 15) is 18.8 Å². The number of hydrogen-bond donors (Lipinski definition) is 1. The van der Waals surface area contributed by atoms with E-state index < -0.39 is 17.8 Å². The standard InChI is InChI=1S/C26H20FIN2O4/c1-15-3-9-20(11-16(15)2)30-25(32)21(24(31)29-26(30)33)12-18-6-10-23(22(28)13-18)34-14-17-4-7-19(27)8-5-17/h3-13H,14H2,1-2H3,(H,29,31,33)/b21-12+. The van der Waals surface area contributed by atoms with Crippen LogP contribution < -0.4 is 15.0 Å². The highest BCUT2D eigenvalue weighted by atomic mass is 127. The number of amides is 4. The lowest BCUT2D eigenvalue weighted by Gasteiger charge is -2.26. The van der Waals surface area contributed by atoms with Crippen LogP contribution in [0, 0.1) is 23.2 Å². The molecule has 1 heterocycles. The van der Waals surface area contributed by atoms with E-state index in [-0.39, 0.29) is 18.0 Å². The molecular weight excluding hydrogens is 550 g/mol. The molecule has 0 spiro atoms. The van der Waals surface area contributed by atoms with Gasteiger partial charge in [0, 0.05) is 0 Å². The fourth-order valence-electron chi connectivity index (χ4n) is 3.39. The van der Waals surface area contributed by atoms with Crippen LogP contribution in [0.2, 0.25) is 0 Å². The summed E-state index contributed by atoms with van der Waals surface area (Å²) in [5.41, 5.74) is 3.62. The van der Waals surface area contributed by atoms with Crippen LogP contribution in [0.1, 0.15) is 22.3 Å². The molecule has 1 N–H and O–H groups in total. The van der Waals surface area contributed by atoms with E-state index in [1.807, 2.05) is 19.9 Å². The van der Waals surface area contributed by atoms with E-state index >= 15 is 0 Å². The molecule has 172 valence electrons. The summed E-state index contributed by atoms with van der Waals surface area (Å²) >= 11 is 2.10. The average Bonchev–Trinajstić information content (AvgIpc) is 2.79. The predicted octanol–water partition coefficient (Wildman–Crippen LogP) is 5.29. The zero-order valence-electron chi connectivity index (χ0n) is 18.4. The number of nitrogens with one attached hydrogen (secondary N) is 1. The number of anilines is 1. The number of carbonyl (C=O) groups excluding carboxylic acids is 3. The van der Waals surface area contributed by atoms with Crippen molar-refractivity contribution in [3.05, 3.63) is 97.9 Å². The van der Waals surface area contributed by atoms with Crippen molar-refractivity contribution < 1.29 is 23.5 Å². The lowest BCUT2D eigenvalue weighted by molar-refractivity contribution is -0.122. The molecule has 0 aromatic heterocycles. The van der Waals surface area contributed by atoms with Gasteiger partial charge in [-0.3, -0.25) is 14.9 Å². The van der Waals surface area contributed by atoms with Crippen molar-refractivity contribution >= 4 is 52.2 Å². The van der Waals surface area contributed by atoms with Crippen molar-refractivity contribution in [1.82, 2.24) is 5.32 Å². The van der Waals surface area contributed by atoms with Gasteiger partial charge < -0.3 is 4.74 Å². The van der Waals surface area contributed by atoms with E-state index in [2.05, 4.69) is 27.9 Å². The lowest BCUT2D eigenvalue weighted by Crippen LogP contribution is -2.54. The Hall–Kier alpha value is -3.53. The third-order valence-corrected chi connectivity index (χ3v) is 6.27. The molecule has 6 nitrogen and oxygen atoms in total. The van der Waals surface area contributed by atoms with Gasteiger partial charge in [0.05, 0.1) is 9.26 Å². The number of halogens is 2. The topological polar surface area (TPSA) is 75.7 Å². The zero-order valence-corrected chi connectivity index (χ0v) is 20.6. The van der Waals surface area contributed by atoms with E-state index in [1.54, 1.807) is 42.5 Å². The Balaban J connectivity index is 1.56. The molecule has 0 aliphatic carbocycles. The molecular formula is C26H20FIN2O4. The normalized spacial score (nSPS) is 15.0. The minimum Gasteiger partial charge on any atom is -0.488 e. The second-order valence-electron chi connectivity index (χ2n) is 7.83. The van der Waals surface area contributed by atoms with E-state index in [0.717, 1.165) is 25.2 Å². The second kappa shape index (κ2) is 9.76. The Morgan fingerprint density at radius 1 is 0.971 bits per heavy atom. The van der Waals surface area contributed by atoms with Crippen molar-refractivity contribution in [3.8, 4) is 5.75 Å². The number of urea groups is 1. The second-order valence-corrected chi connectivity index (χ2v) is 8.99. The number of carbonyl (C=O) groups is 3. The molecule has 1 aliphatic heterocycles. The molecule has 3 aromatic rings. The third-order valence-electron chi connectivity index (χ3n) is 5.42. The summed E-state index contributed by atoms with van der Waals surface area (Å²) in [6.45, 7) is 4.08. The molecule has 0 radical (unpaired) electrons. The van der Waals surface area contributed by atoms with Gasteiger partial charge >= 0.3 is 6.03 Å². The number of hydrogen-bond acceptors (Lipinski definition) is 4. The summed E-state index contributed by atoms with van der Waals surface area (Å²) < 4.78 is 19.6. The Labute approximate surface area is 209 Å². The van der Waals surface area contributed by atoms with Crippen LogP contribution in [-0.4, -0.2) is 17.8 Å². The molecule has 1 saturated heterocycles. The molecule has 0 unspecified atom stereocenters. The molecule has 34 heavy (non-hydrogen) atoms. The van der Waals surface area contributed by atoms with Gasteiger partial charge in [-0.2, -0.15) is 0 Å². The summed E-state index contributed by atoms with van der Waals surface area (Å²) in [4.78, 5) is 38.9. The highest BCUT2D eigenvalue weighted by Crippen LogP contribution is 2.27. The van der Waals surface area contributed by atoms with Crippen molar-refractivity contribution in [1.29, 1.82) is 0 Å². The fourth-order valence-corrected chi connectivity index (χ4v) is 4.08. The minimum atomic E-state index is -0.783. The van der Waals surface area contributed by atoms with Gasteiger partial charge in [-0.15, -0.1) is 0 Å². The molecule has 3 aromatic carbocycles. The summed E-state index contributed by atoms with van der Waals surface area (Å²) in [6, 6.07) is 15.7. The van der Waals surface area contributed by atoms with Gasteiger partial charge in [0.25, 0.3) is 11.8 Å². The highest BCUT2D eigenvalue weighted by molar-refractivity contribution is 14.1. The third kappa shape index (κ3) is 5.01. The fraction of sp³-hybridized carbons (Fsp3) is 0.115. The summed E-state index contributed by atoms with van der Waals surface area (Å²) in [5.74, 6) is -1.14. The number of rotatable bonds is 5. The molecule has 1 aliphatic rings. The summed E-state index contributed by atoms with van der Waals surface area (Å²) in [6.07, 6.45) is 1.45. The number of imide groups is 2. The zero-order chi connectivity index (χ0) is 24.4. The molecule has 4 amide bonds. The van der Waals surface area contributed by atoms with E-state index in [0.29, 0.717) is 17.0 Å². The maximum Gasteiger partial charge on any atom is 0.335 e. The Kier molecular flexibility index (Phi) is 6.78. The van der Waals surface area contributed by atoms with Gasteiger partial charge in [0.2, 0.25) is 0 Å². The number of ether oxygens (including phenoxy) is 1. The molecule has 0 atom stereocenters. The minimum absolute atomic E-state index is 0.145. The first-order valence-electron chi connectivity index (χ1n) is 10.4. The van der Waals surface area contributed by atoms with Crippen molar-refractivity contribution in [3.63, 3.8) is 0 Å². The smallest absolute Gasteiger partial charge is 0.335 e. The summed E-state index contributed by atoms with van der Waals surface area (Å²) in [7, 11) is 0.